The van der Waals surface area contributed by atoms with Crippen molar-refractivity contribution in [2.24, 2.45) is 11.1 Å². The highest BCUT2D eigenvalue weighted by Crippen LogP contribution is 2.38. The van der Waals surface area contributed by atoms with Crippen LogP contribution in [0.2, 0.25) is 0 Å². The van der Waals surface area contributed by atoms with Crippen LogP contribution in [0.5, 0.6) is 0 Å². The molecule has 3 N–H and O–H groups in total. The largest absolute Gasteiger partial charge is 0.330 e. The van der Waals surface area contributed by atoms with Crippen molar-refractivity contribution >= 4 is 22.4 Å². The first-order valence-corrected chi connectivity index (χ1v) is 7.25. The molecule has 1 fully saturated rings. The Kier molecular flexibility index (Phi) is 4.29. The minimum atomic E-state index is 0.00205. The van der Waals surface area contributed by atoms with Gasteiger partial charge in [-0.15, -0.1) is 10.2 Å². The van der Waals surface area contributed by atoms with Gasteiger partial charge in [-0.2, -0.15) is 0 Å². The molecule has 18 heavy (non-hydrogen) atoms. The summed E-state index contributed by atoms with van der Waals surface area (Å²) in [6, 6.07) is 0. The summed E-state index contributed by atoms with van der Waals surface area (Å²) in [6.45, 7) is 2.46. The van der Waals surface area contributed by atoms with Crippen molar-refractivity contribution in [2.75, 3.05) is 11.9 Å². The summed E-state index contributed by atoms with van der Waals surface area (Å²) in [4.78, 5) is 12.0. The highest BCUT2D eigenvalue weighted by molar-refractivity contribution is 7.15. The Morgan fingerprint density at radius 3 is 2.67 bits per heavy atom. The molecule has 0 aromatic carbocycles. The predicted octanol–water partition coefficient (Wildman–Crippen LogP) is 2.08. The number of nitrogens with zero attached hydrogens (tertiary/aromatic N) is 2. The van der Waals surface area contributed by atoms with Crippen LogP contribution in [0.3, 0.4) is 0 Å². The van der Waals surface area contributed by atoms with Crippen LogP contribution < -0.4 is 11.1 Å². The minimum absolute atomic E-state index is 0.00205. The standard InChI is InChI=1S/C12H20N4OS/c1-9-15-16-11(18-9)14-10(17)7-12(8-13)5-3-2-4-6-12/h2-8,13H2,1H3,(H,14,16,17). The van der Waals surface area contributed by atoms with E-state index in [-0.39, 0.29) is 11.3 Å². The molecule has 0 saturated heterocycles. The van der Waals surface area contributed by atoms with Crippen molar-refractivity contribution < 1.29 is 4.79 Å². The molecule has 2 rings (SSSR count). The fraction of sp³-hybridized carbons (Fsp3) is 0.750. The number of hydrogen-bond donors (Lipinski definition) is 2. The predicted molar refractivity (Wildman–Crippen MR) is 72.5 cm³/mol. The van der Waals surface area contributed by atoms with Gasteiger partial charge in [-0.3, -0.25) is 4.79 Å². The van der Waals surface area contributed by atoms with E-state index in [0.29, 0.717) is 18.1 Å². The number of aromatic nitrogens is 2. The van der Waals surface area contributed by atoms with Crippen molar-refractivity contribution in [3.05, 3.63) is 5.01 Å². The molecule has 0 spiro atoms. The van der Waals surface area contributed by atoms with Gasteiger partial charge in [0.2, 0.25) is 11.0 Å². The SMILES string of the molecule is Cc1nnc(NC(=O)CC2(CN)CCCCC2)s1. The van der Waals surface area contributed by atoms with E-state index in [0.717, 1.165) is 17.8 Å². The van der Waals surface area contributed by atoms with E-state index >= 15 is 0 Å². The normalized spacial score (nSPS) is 18.6. The lowest BCUT2D eigenvalue weighted by molar-refractivity contribution is -0.118. The molecule has 0 radical (unpaired) electrons. The summed E-state index contributed by atoms with van der Waals surface area (Å²) in [6.07, 6.45) is 6.25. The maximum Gasteiger partial charge on any atom is 0.226 e. The maximum atomic E-state index is 12.0. The average Bonchev–Trinajstić information content (AvgIpc) is 2.75. The number of hydrogen-bond acceptors (Lipinski definition) is 5. The summed E-state index contributed by atoms with van der Waals surface area (Å²) in [5, 5.41) is 12.0. The van der Waals surface area contributed by atoms with Gasteiger partial charge >= 0.3 is 0 Å². The fourth-order valence-electron chi connectivity index (χ4n) is 2.61. The van der Waals surface area contributed by atoms with Gasteiger partial charge in [0.1, 0.15) is 5.01 Å². The van der Waals surface area contributed by atoms with Gasteiger partial charge in [0.25, 0.3) is 0 Å². The molecule has 1 aliphatic carbocycles. The smallest absolute Gasteiger partial charge is 0.226 e. The number of amides is 1. The van der Waals surface area contributed by atoms with Crippen LogP contribution in [-0.2, 0) is 4.79 Å². The van der Waals surface area contributed by atoms with Gasteiger partial charge < -0.3 is 11.1 Å². The highest BCUT2D eigenvalue weighted by Gasteiger charge is 2.33. The average molecular weight is 268 g/mol. The second-order valence-corrected chi connectivity index (χ2v) is 6.30. The van der Waals surface area contributed by atoms with Crippen LogP contribution >= 0.6 is 11.3 Å². The van der Waals surface area contributed by atoms with Gasteiger partial charge in [0.15, 0.2) is 0 Å². The number of nitrogens with two attached hydrogens (primary N) is 1. The second kappa shape index (κ2) is 5.75. The quantitative estimate of drug-likeness (QED) is 0.876. The summed E-state index contributed by atoms with van der Waals surface area (Å²) in [5.41, 5.74) is 5.88. The third-order valence-electron chi connectivity index (χ3n) is 3.66. The van der Waals surface area contributed by atoms with Crippen LogP contribution in [-0.4, -0.2) is 22.6 Å². The van der Waals surface area contributed by atoms with Crippen LogP contribution in [0.25, 0.3) is 0 Å². The van der Waals surface area contributed by atoms with Crippen molar-refractivity contribution in [2.45, 2.75) is 45.4 Å². The summed E-state index contributed by atoms with van der Waals surface area (Å²) < 4.78 is 0. The van der Waals surface area contributed by atoms with Crippen molar-refractivity contribution in [3.8, 4) is 0 Å². The molecule has 5 nitrogen and oxygen atoms in total. The number of rotatable bonds is 4. The van der Waals surface area contributed by atoms with Crippen LogP contribution in [0, 0.1) is 12.3 Å². The van der Waals surface area contributed by atoms with Crippen LogP contribution in [0.15, 0.2) is 0 Å². The number of carbonyl (C=O) groups excluding carboxylic acids is 1. The third kappa shape index (κ3) is 3.26. The summed E-state index contributed by atoms with van der Waals surface area (Å²) >= 11 is 1.40. The van der Waals surface area contributed by atoms with E-state index in [4.69, 9.17) is 5.73 Å². The molecule has 0 atom stereocenters. The lowest BCUT2D eigenvalue weighted by atomic mass is 9.72. The zero-order valence-corrected chi connectivity index (χ0v) is 11.6. The third-order valence-corrected chi connectivity index (χ3v) is 4.41. The Morgan fingerprint density at radius 1 is 1.39 bits per heavy atom. The summed E-state index contributed by atoms with van der Waals surface area (Å²) in [5.74, 6) is 0.0125. The van der Waals surface area contributed by atoms with Crippen molar-refractivity contribution in [3.63, 3.8) is 0 Å². The molecule has 1 aliphatic rings. The number of nitrogens with one attached hydrogen (secondary N) is 1. The van der Waals surface area contributed by atoms with Gasteiger partial charge in [-0.25, -0.2) is 0 Å². The second-order valence-electron chi connectivity index (χ2n) is 5.12. The first-order valence-electron chi connectivity index (χ1n) is 6.44. The van der Waals surface area contributed by atoms with E-state index in [1.165, 1.54) is 30.6 Å². The van der Waals surface area contributed by atoms with Gasteiger partial charge in [0, 0.05) is 6.42 Å². The lowest BCUT2D eigenvalue weighted by Gasteiger charge is -2.35. The lowest BCUT2D eigenvalue weighted by Crippen LogP contribution is -2.36. The topological polar surface area (TPSA) is 80.9 Å². The maximum absolute atomic E-state index is 12.0. The molecule has 1 amide bonds. The zero-order chi connectivity index (χ0) is 13.0. The number of carbonyl (C=O) groups is 1. The summed E-state index contributed by atoms with van der Waals surface area (Å²) in [7, 11) is 0. The first-order chi connectivity index (χ1) is 8.63. The monoisotopic (exact) mass is 268 g/mol. The minimum Gasteiger partial charge on any atom is -0.330 e. The van der Waals surface area contributed by atoms with Crippen molar-refractivity contribution in [1.82, 2.24) is 10.2 Å². The van der Waals surface area contributed by atoms with Crippen LogP contribution in [0.1, 0.15) is 43.5 Å². The molecule has 1 heterocycles. The van der Waals surface area contributed by atoms with Crippen LogP contribution in [0.4, 0.5) is 5.13 Å². The molecular formula is C12H20N4OS. The Bertz CT molecular complexity index is 412. The van der Waals surface area contributed by atoms with E-state index in [9.17, 15) is 4.79 Å². The van der Waals surface area contributed by atoms with E-state index in [1.54, 1.807) is 0 Å². The molecule has 1 aromatic rings. The Balaban J connectivity index is 1.93. The zero-order valence-electron chi connectivity index (χ0n) is 10.7. The number of anilines is 1. The molecule has 1 saturated carbocycles. The molecule has 1 aromatic heterocycles. The molecule has 100 valence electrons. The number of aryl methyl sites for hydroxylation is 1. The Labute approximate surface area is 111 Å². The fourth-order valence-corrected chi connectivity index (χ4v) is 3.21. The molecule has 6 heteroatoms. The molecular weight excluding hydrogens is 248 g/mol. The highest BCUT2D eigenvalue weighted by atomic mass is 32.1. The molecule has 0 aliphatic heterocycles. The van der Waals surface area contributed by atoms with E-state index in [1.807, 2.05) is 6.92 Å². The Morgan fingerprint density at radius 2 is 2.11 bits per heavy atom. The molecule has 0 unspecified atom stereocenters. The Hall–Kier alpha value is -1.01. The van der Waals surface area contributed by atoms with Gasteiger partial charge in [-0.1, -0.05) is 30.6 Å². The first kappa shape index (κ1) is 13.4. The van der Waals surface area contributed by atoms with E-state index < -0.39 is 0 Å². The molecule has 0 bridgehead atoms. The van der Waals surface area contributed by atoms with Crippen molar-refractivity contribution in [1.29, 1.82) is 0 Å². The van der Waals surface area contributed by atoms with Gasteiger partial charge in [0.05, 0.1) is 0 Å². The van der Waals surface area contributed by atoms with E-state index in [2.05, 4.69) is 15.5 Å². The van der Waals surface area contributed by atoms with Gasteiger partial charge in [-0.05, 0) is 31.7 Å².